The van der Waals surface area contributed by atoms with Crippen molar-refractivity contribution >= 4 is 11.8 Å². The van der Waals surface area contributed by atoms with Crippen LogP contribution in [0.2, 0.25) is 0 Å². The van der Waals surface area contributed by atoms with Gasteiger partial charge in [-0.25, -0.2) is 4.98 Å². The van der Waals surface area contributed by atoms with Crippen LogP contribution >= 0.6 is 0 Å². The zero-order valence-corrected chi connectivity index (χ0v) is 12.5. The molecular formula is C14H21F3N4. The Hall–Kier alpha value is -1.53. The molecule has 1 aromatic heterocycles. The summed E-state index contributed by atoms with van der Waals surface area (Å²) < 4.78 is 38.6. The summed E-state index contributed by atoms with van der Waals surface area (Å²) in [6.07, 6.45) is -1.28. The Morgan fingerprint density at radius 1 is 1.19 bits per heavy atom. The lowest BCUT2D eigenvalue weighted by Gasteiger charge is -2.35. The Balaban J connectivity index is 2.23. The largest absolute Gasteiger partial charge is 0.433 e. The summed E-state index contributed by atoms with van der Waals surface area (Å²) in [4.78, 5) is 7.55. The molecule has 21 heavy (non-hydrogen) atoms. The van der Waals surface area contributed by atoms with E-state index >= 15 is 0 Å². The average Bonchev–Trinajstić information content (AvgIpc) is 2.42. The van der Waals surface area contributed by atoms with Gasteiger partial charge in [0.2, 0.25) is 5.95 Å². The van der Waals surface area contributed by atoms with E-state index in [9.17, 15) is 13.2 Å². The molecule has 0 aromatic carbocycles. The highest BCUT2D eigenvalue weighted by molar-refractivity contribution is 5.43. The Bertz CT molecular complexity index is 490. The maximum atomic E-state index is 12.9. The molecule has 0 aliphatic heterocycles. The van der Waals surface area contributed by atoms with Crippen molar-refractivity contribution in [1.29, 1.82) is 0 Å². The summed E-state index contributed by atoms with van der Waals surface area (Å²) in [5, 5.41) is 5.73. The number of anilines is 2. The Kier molecular flexibility index (Phi) is 4.58. The van der Waals surface area contributed by atoms with Crippen molar-refractivity contribution in [3.63, 3.8) is 0 Å². The minimum Gasteiger partial charge on any atom is -0.367 e. The van der Waals surface area contributed by atoms with E-state index in [1.54, 1.807) is 0 Å². The minimum absolute atomic E-state index is 0.0242. The third-order valence-corrected chi connectivity index (χ3v) is 4.28. The SMILES string of the molecule is CNc1nc(NC2CCCC(C)C2C)cc(C(F)(F)F)n1. The van der Waals surface area contributed by atoms with Crippen LogP contribution in [-0.2, 0) is 6.18 Å². The van der Waals surface area contributed by atoms with Crippen molar-refractivity contribution < 1.29 is 13.2 Å². The van der Waals surface area contributed by atoms with Crippen LogP contribution in [0.25, 0.3) is 0 Å². The summed E-state index contributed by atoms with van der Waals surface area (Å²) in [6.45, 7) is 4.31. The van der Waals surface area contributed by atoms with Gasteiger partial charge in [0.05, 0.1) is 0 Å². The van der Waals surface area contributed by atoms with Crippen LogP contribution in [-0.4, -0.2) is 23.1 Å². The molecule has 0 amide bonds. The smallest absolute Gasteiger partial charge is 0.367 e. The van der Waals surface area contributed by atoms with Crippen LogP contribution in [0.4, 0.5) is 24.9 Å². The number of hydrogen-bond donors (Lipinski definition) is 2. The molecule has 1 aliphatic rings. The molecule has 1 saturated carbocycles. The fourth-order valence-electron chi connectivity index (χ4n) is 2.75. The van der Waals surface area contributed by atoms with Crippen LogP contribution < -0.4 is 10.6 Å². The lowest BCUT2D eigenvalue weighted by Crippen LogP contribution is -2.35. The second kappa shape index (κ2) is 6.07. The molecular weight excluding hydrogens is 281 g/mol. The summed E-state index contributed by atoms with van der Waals surface area (Å²) >= 11 is 0. The predicted molar refractivity (Wildman–Crippen MR) is 76.2 cm³/mol. The highest BCUT2D eigenvalue weighted by Crippen LogP contribution is 2.33. The van der Waals surface area contributed by atoms with Crippen LogP contribution in [0.15, 0.2) is 6.07 Å². The highest BCUT2D eigenvalue weighted by atomic mass is 19.4. The van der Waals surface area contributed by atoms with E-state index in [0.717, 1.165) is 18.9 Å². The van der Waals surface area contributed by atoms with E-state index in [1.807, 2.05) is 0 Å². The highest BCUT2D eigenvalue weighted by Gasteiger charge is 2.34. The number of rotatable bonds is 3. The molecule has 0 bridgehead atoms. The molecule has 1 aliphatic carbocycles. The van der Waals surface area contributed by atoms with E-state index in [4.69, 9.17) is 0 Å². The number of hydrogen-bond acceptors (Lipinski definition) is 4. The molecule has 118 valence electrons. The zero-order chi connectivity index (χ0) is 15.6. The van der Waals surface area contributed by atoms with Gasteiger partial charge < -0.3 is 10.6 Å². The van der Waals surface area contributed by atoms with E-state index in [2.05, 4.69) is 34.4 Å². The summed E-state index contributed by atoms with van der Waals surface area (Å²) in [5.74, 6) is 1.17. The summed E-state index contributed by atoms with van der Waals surface area (Å²) in [6, 6.07) is 1.13. The maximum absolute atomic E-state index is 12.9. The van der Waals surface area contributed by atoms with Gasteiger partial charge in [0.1, 0.15) is 5.82 Å². The van der Waals surface area contributed by atoms with Gasteiger partial charge in [0.25, 0.3) is 0 Å². The number of halogens is 3. The second-order valence-corrected chi connectivity index (χ2v) is 5.73. The number of alkyl halides is 3. The third kappa shape index (κ3) is 3.77. The van der Waals surface area contributed by atoms with Gasteiger partial charge in [-0.15, -0.1) is 0 Å². The number of nitrogens with zero attached hydrogens (tertiary/aromatic N) is 2. The van der Waals surface area contributed by atoms with Crippen LogP contribution in [0.1, 0.15) is 38.8 Å². The Morgan fingerprint density at radius 2 is 1.90 bits per heavy atom. The fourth-order valence-corrected chi connectivity index (χ4v) is 2.75. The van der Waals surface area contributed by atoms with Gasteiger partial charge in [-0.1, -0.05) is 26.7 Å². The van der Waals surface area contributed by atoms with Gasteiger partial charge in [0, 0.05) is 19.2 Å². The summed E-state index contributed by atoms with van der Waals surface area (Å²) in [5.41, 5.74) is -0.930. The standard InChI is InChI=1S/C14H21F3N4/c1-8-5-4-6-10(9(8)2)19-12-7-11(14(15,16)17)20-13(18-3)21-12/h7-10H,4-6H2,1-3H3,(H2,18,19,20,21). The van der Waals surface area contributed by atoms with E-state index in [-0.39, 0.29) is 17.8 Å². The maximum Gasteiger partial charge on any atom is 0.433 e. The quantitative estimate of drug-likeness (QED) is 0.892. The minimum atomic E-state index is -4.48. The monoisotopic (exact) mass is 302 g/mol. The van der Waals surface area contributed by atoms with Crippen molar-refractivity contribution in [3.05, 3.63) is 11.8 Å². The van der Waals surface area contributed by atoms with Crippen LogP contribution in [0, 0.1) is 11.8 Å². The fraction of sp³-hybridized carbons (Fsp3) is 0.714. The molecule has 1 fully saturated rings. The van der Waals surface area contributed by atoms with Gasteiger partial charge >= 0.3 is 6.18 Å². The topological polar surface area (TPSA) is 49.8 Å². The third-order valence-electron chi connectivity index (χ3n) is 4.28. The van der Waals surface area contributed by atoms with Crippen molar-refractivity contribution in [3.8, 4) is 0 Å². The molecule has 1 aromatic rings. The molecule has 0 radical (unpaired) electrons. The molecule has 3 unspecified atom stereocenters. The first-order chi connectivity index (χ1) is 9.81. The first kappa shape index (κ1) is 15.9. The Morgan fingerprint density at radius 3 is 2.52 bits per heavy atom. The lowest BCUT2D eigenvalue weighted by molar-refractivity contribution is -0.141. The number of aromatic nitrogens is 2. The lowest BCUT2D eigenvalue weighted by atomic mass is 9.78. The van der Waals surface area contributed by atoms with E-state index in [1.165, 1.54) is 13.5 Å². The van der Waals surface area contributed by atoms with Crippen LogP contribution in [0.5, 0.6) is 0 Å². The van der Waals surface area contributed by atoms with Crippen molar-refractivity contribution in [2.75, 3.05) is 17.7 Å². The van der Waals surface area contributed by atoms with Crippen molar-refractivity contribution in [2.24, 2.45) is 11.8 Å². The average molecular weight is 302 g/mol. The van der Waals surface area contributed by atoms with Crippen molar-refractivity contribution in [2.45, 2.75) is 45.3 Å². The normalized spacial score (nSPS) is 26.5. The van der Waals surface area contributed by atoms with Gasteiger partial charge in [-0.3, -0.25) is 0 Å². The zero-order valence-electron chi connectivity index (χ0n) is 12.5. The van der Waals surface area contributed by atoms with Gasteiger partial charge in [-0.2, -0.15) is 18.2 Å². The van der Waals surface area contributed by atoms with E-state index < -0.39 is 11.9 Å². The first-order valence-corrected chi connectivity index (χ1v) is 7.22. The van der Waals surface area contributed by atoms with Gasteiger partial charge in [0.15, 0.2) is 5.69 Å². The molecule has 2 rings (SSSR count). The van der Waals surface area contributed by atoms with Crippen molar-refractivity contribution in [1.82, 2.24) is 9.97 Å². The van der Waals surface area contributed by atoms with E-state index in [0.29, 0.717) is 11.8 Å². The predicted octanol–water partition coefficient (Wildman–Crippen LogP) is 3.77. The van der Waals surface area contributed by atoms with Gasteiger partial charge in [-0.05, 0) is 18.3 Å². The van der Waals surface area contributed by atoms with Crippen LogP contribution in [0.3, 0.4) is 0 Å². The number of nitrogens with one attached hydrogen (secondary N) is 2. The molecule has 2 N–H and O–H groups in total. The second-order valence-electron chi connectivity index (χ2n) is 5.73. The molecule has 0 spiro atoms. The first-order valence-electron chi connectivity index (χ1n) is 7.22. The molecule has 0 saturated heterocycles. The molecule has 3 atom stereocenters. The molecule has 1 heterocycles. The Labute approximate surface area is 122 Å². The molecule has 7 heteroatoms. The summed E-state index contributed by atoms with van der Waals surface area (Å²) in [7, 11) is 1.50. The molecule has 4 nitrogen and oxygen atoms in total.